The number of aryl methyl sites for hydroxylation is 2. The van der Waals surface area contributed by atoms with Crippen LogP contribution in [0.3, 0.4) is 0 Å². The molecule has 450 valence electrons. The first-order valence-corrected chi connectivity index (χ1v) is 32.2. The molecule has 2 amide bonds. The van der Waals surface area contributed by atoms with Crippen LogP contribution in [0.5, 0.6) is 0 Å². The average Bonchev–Trinajstić information content (AvgIpc) is 1.81. The number of hydrogen-bond donors (Lipinski definition) is 0. The largest absolute Gasteiger partial charge is 0.490 e. The fraction of sp³-hybridized carbons (Fsp3) is 0.424. The Morgan fingerprint density at radius 2 is 1.08 bits per heavy atom. The second-order valence-corrected chi connectivity index (χ2v) is 28.9. The van der Waals surface area contributed by atoms with E-state index in [0.717, 1.165) is 75.6 Å². The van der Waals surface area contributed by atoms with Gasteiger partial charge in [-0.3, -0.25) is 0 Å². The first-order chi connectivity index (χ1) is 40.6. The van der Waals surface area contributed by atoms with E-state index in [4.69, 9.17) is 52.0 Å². The lowest BCUT2D eigenvalue weighted by molar-refractivity contribution is 0.00578. The maximum absolute atomic E-state index is 12.5. The zero-order valence-electron chi connectivity index (χ0n) is 51.0. The molecule has 1 fully saturated rings. The van der Waals surface area contributed by atoms with Gasteiger partial charge in [-0.15, -0.1) is 0 Å². The van der Waals surface area contributed by atoms with E-state index in [9.17, 15) is 20.1 Å². The van der Waals surface area contributed by atoms with Gasteiger partial charge in [0.15, 0.2) is 10.3 Å². The van der Waals surface area contributed by atoms with Gasteiger partial charge in [0.2, 0.25) is 0 Å². The Morgan fingerprint density at radius 1 is 0.651 bits per heavy atom. The van der Waals surface area contributed by atoms with E-state index in [1.54, 1.807) is 9.80 Å². The molecule has 3 aliphatic heterocycles. The van der Waals surface area contributed by atoms with Crippen molar-refractivity contribution in [2.24, 2.45) is 0 Å². The third-order valence-electron chi connectivity index (χ3n) is 16.2. The molecule has 2 atom stereocenters. The van der Waals surface area contributed by atoms with Crippen LogP contribution in [0.15, 0.2) is 107 Å². The van der Waals surface area contributed by atoms with Gasteiger partial charge in [-0.1, -0.05) is 116 Å². The Morgan fingerprint density at radius 3 is 1.50 bits per heavy atom. The van der Waals surface area contributed by atoms with Crippen molar-refractivity contribution in [3.05, 3.63) is 155 Å². The van der Waals surface area contributed by atoms with Gasteiger partial charge < -0.3 is 38.4 Å². The van der Waals surface area contributed by atoms with Crippen LogP contribution in [0.2, 0.25) is 10.0 Å². The van der Waals surface area contributed by atoms with Crippen molar-refractivity contribution in [1.29, 1.82) is 10.5 Å². The highest BCUT2D eigenvalue weighted by Crippen LogP contribution is 2.45. The molecule has 0 saturated carbocycles. The second kappa shape index (κ2) is 26.2. The van der Waals surface area contributed by atoms with E-state index in [2.05, 4.69) is 94.4 Å². The summed E-state index contributed by atoms with van der Waals surface area (Å²) in [5.41, 5.74) is 10.6. The molecule has 2 aromatic heterocycles. The molecule has 5 heterocycles. The molecular weight excluding hydrogens is 1230 g/mol. The fourth-order valence-electron chi connectivity index (χ4n) is 10.9. The summed E-state index contributed by atoms with van der Waals surface area (Å²) < 4.78 is 24.1. The lowest BCUT2D eigenvalue weighted by Gasteiger charge is -2.32. The van der Waals surface area contributed by atoms with Crippen LogP contribution in [-0.2, 0) is 31.6 Å². The molecule has 1 saturated heterocycles. The minimum atomic E-state index is -0.497. The lowest BCUT2D eigenvalue weighted by Crippen LogP contribution is -2.41. The summed E-state index contributed by atoms with van der Waals surface area (Å²) in [6, 6.07) is 33.2. The summed E-state index contributed by atoms with van der Waals surface area (Å²) in [5.74, 6) is 0. The van der Waals surface area contributed by atoms with Gasteiger partial charge in [0, 0.05) is 65.9 Å². The molecule has 0 radical (unpaired) electrons. The first-order valence-electron chi connectivity index (χ1n) is 29.0. The van der Waals surface area contributed by atoms with Crippen LogP contribution in [0.4, 0.5) is 19.9 Å². The van der Waals surface area contributed by atoms with Gasteiger partial charge in [0.05, 0.1) is 23.3 Å². The number of ether oxygens (including phenoxy) is 2. The van der Waals surface area contributed by atoms with Gasteiger partial charge >= 0.3 is 19.3 Å². The molecule has 0 spiro atoms. The Bertz CT molecular complexity index is 3620. The number of carbonyl (C=O) groups excluding carboxylic acids is 2. The van der Waals surface area contributed by atoms with E-state index in [0.29, 0.717) is 51.7 Å². The van der Waals surface area contributed by atoms with Crippen molar-refractivity contribution in [3.63, 3.8) is 0 Å². The number of halogens is 3. The summed E-state index contributed by atoms with van der Waals surface area (Å²) >= 11 is 18.5. The van der Waals surface area contributed by atoms with Crippen molar-refractivity contribution in [2.75, 3.05) is 50.1 Å². The average molecular weight is 1300 g/mol. The number of carbonyl (C=O) groups is 2. The van der Waals surface area contributed by atoms with Crippen molar-refractivity contribution in [2.45, 2.75) is 142 Å². The van der Waals surface area contributed by atoms with Crippen molar-refractivity contribution in [3.8, 4) is 34.7 Å². The molecule has 14 nitrogen and oxygen atoms in total. The third-order valence-corrected chi connectivity index (χ3v) is 19.3. The van der Waals surface area contributed by atoms with Crippen molar-refractivity contribution in [1.82, 2.24) is 19.8 Å². The number of amides is 2. The van der Waals surface area contributed by atoms with Crippen molar-refractivity contribution >= 4 is 96.9 Å². The smallest absolute Gasteiger partial charge is 0.444 e. The van der Waals surface area contributed by atoms with Crippen LogP contribution < -0.4 is 9.80 Å². The number of fused-ring (bicyclic) bond motifs is 2. The molecule has 5 aliphatic rings. The maximum Gasteiger partial charge on any atom is 0.490 e. The number of hydrogen-bond acceptors (Lipinski definition) is 14. The number of nitriles is 2. The number of anilines is 2. The molecule has 0 N–H and O–H groups in total. The van der Waals surface area contributed by atoms with Gasteiger partial charge in [0.1, 0.15) is 44.5 Å². The molecule has 20 heteroatoms. The summed E-state index contributed by atoms with van der Waals surface area (Å²) in [5, 5.41) is 22.4. The highest BCUT2D eigenvalue weighted by Gasteiger charge is 2.52. The normalized spacial score (nSPS) is 18.4. The molecule has 0 bridgehead atoms. The predicted molar refractivity (Wildman–Crippen MR) is 351 cm³/mol. The van der Waals surface area contributed by atoms with Crippen LogP contribution in [0, 0.1) is 22.7 Å². The predicted octanol–water partition coefficient (Wildman–Crippen LogP) is 16.9. The molecule has 11 rings (SSSR count). The second-order valence-electron chi connectivity index (χ2n) is 25.1. The fourth-order valence-corrected chi connectivity index (χ4v) is 13.3. The van der Waals surface area contributed by atoms with Crippen molar-refractivity contribution < 1.29 is 28.4 Å². The summed E-state index contributed by atoms with van der Waals surface area (Å²) in [6.45, 7) is 21.8. The summed E-state index contributed by atoms with van der Waals surface area (Å²) in [6.07, 6.45) is 9.31. The van der Waals surface area contributed by atoms with Crippen LogP contribution in [-0.4, -0.2) is 102 Å². The molecule has 6 aromatic rings. The quantitative estimate of drug-likeness (QED) is 0.133. The highest BCUT2D eigenvalue weighted by molar-refractivity contribution is 9.10. The summed E-state index contributed by atoms with van der Waals surface area (Å²) in [7, 11) is 3.81. The van der Waals surface area contributed by atoms with E-state index < -0.39 is 11.2 Å². The first kappa shape index (κ1) is 64.3. The lowest BCUT2D eigenvalue weighted by atomic mass is 9.75. The van der Waals surface area contributed by atoms with E-state index in [1.807, 2.05) is 124 Å². The van der Waals surface area contributed by atoms with Crippen LogP contribution >= 0.6 is 61.8 Å². The maximum atomic E-state index is 12.5. The Kier molecular flexibility index (Phi) is 19.6. The number of aromatic nitrogens is 2. The zero-order chi connectivity index (χ0) is 62.0. The molecule has 2 unspecified atom stereocenters. The number of rotatable bonds is 8. The highest BCUT2D eigenvalue weighted by atomic mass is 79.9. The van der Waals surface area contributed by atoms with E-state index in [-0.39, 0.29) is 42.6 Å². The van der Waals surface area contributed by atoms with Crippen LogP contribution in [0.25, 0.3) is 28.1 Å². The zero-order valence-corrected chi connectivity index (χ0v) is 55.7. The van der Waals surface area contributed by atoms with Gasteiger partial charge in [0.25, 0.3) is 0 Å². The van der Waals surface area contributed by atoms with E-state index in [1.165, 1.54) is 56.1 Å². The third kappa shape index (κ3) is 15.0. The topological polar surface area (TPSA) is 157 Å². The molecule has 86 heavy (non-hydrogen) atoms. The Balaban J connectivity index is 0.000000161. The van der Waals surface area contributed by atoms with Gasteiger partial charge in [-0.25, -0.2) is 19.6 Å². The standard InChI is InChI=1S/C30H31ClN4O2S.C20H15BrClN3S.C16H28BNO4/c1-30(2,3)37-29(36)35-15-13-19(14-16-35)22-6-5-20-9-12-25(24(20)17-22)34(4)28-33-27(26(18-32)38-28)21-7-10-23(31)11-8-21;1-25(17-9-5-12-2-6-14(21)10-16(12)17)20-24-19(18(11-23)26-20)13-3-7-15(22)8-4-13;1-14(2,3)20-13(19)18-10-8-12(9-11-18)17-21-15(4,5)16(6,7)22-17/h5-8,10-11,13,17,25H,9,12,14-16H2,1-4H3;2-4,6-8,10,17H,5,9H2,1H3;8H,9-11H2,1-7H3. The summed E-state index contributed by atoms with van der Waals surface area (Å²) in [4.78, 5) is 43.3. The Labute approximate surface area is 533 Å². The number of thiazole rings is 2. The molecule has 4 aromatic carbocycles. The Hall–Kier alpha value is -6.22. The minimum Gasteiger partial charge on any atom is -0.444 e. The SMILES string of the molecule is CC(C)(C)OC(=O)N1CC=C(B2OC(C)(C)C(C)(C)O2)CC1.CN(c1nc(-c2ccc(Cl)cc2)c(C#N)s1)C1CCc2ccc(Br)cc21.CN(c1nc(-c2ccc(Cl)cc2)c(C#N)s1)C1CCc2ccc(C3=CCN(C(=O)OC(C)(C)C)CC3)cc21. The van der Waals surface area contributed by atoms with Crippen LogP contribution in [0.1, 0.15) is 145 Å². The number of benzene rings is 4. The van der Waals surface area contributed by atoms with Gasteiger partial charge in [-0.05, 0) is 189 Å². The molecular formula is C66H74BBrCl2N8O6S2. The monoisotopic (exact) mass is 1300 g/mol. The number of nitrogens with zero attached hydrogens (tertiary/aromatic N) is 8. The molecule has 2 aliphatic carbocycles. The van der Waals surface area contributed by atoms with E-state index >= 15 is 0 Å². The minimum absolute atomic E-state index is 0.183. The van der Waals surface area contributed by atoms with Gasteiger partial charge in [-0.2, -0.15) is 10.5 Å².